The number of likely N-dealkylation sites (tertiary alicyclic amines) is 1. The van der Waals surface area contributed by atoms with E-state index in [1.165, 1.54) is 7.05 Å². The second-order valence-corrected chi connectivity index (χ2v) is 5.19. The summed E-state index contributed by atoms with van der Waals surface area (Å²) in [5.74, 6) is -1.53. The summed E-state index contributed by atoms with van der Waals surface area (Å²) >= 11 is 0. The zero-order chi connectivity index (χ0) is 16.0. The number of carboxylic acid groups (broad SMARTS) is 1. The number of nitrogens with zero attached hydrogens (tertiary/aromatic N) is 1. The second kappa shape index (κ2) is 7.61. The van der Waals surface area contributed by atoms with Crippen LogP contribution >= 0.6 is 0 Å². The first kappa shape index (κ1) is 16.9. The van der Waals surface area contributed by atoms with E-state index in [9.17, 15) is 19.2 Å². The number of piperidine rings is 1. The number of aliphatic carboxylic acids is 1. The molecule has 2 atom stereocenters. The maximum absolute atomic E-state index is 11.8. The van der Waals surface area contributed by atoms with E-state index in [1.807, 2.05) is 0 Å². The van der Waals surface area contributed by atoms with E-state index in [1.54, 1.807) is 6.92 Å². The lowest BCUT2D eigenvalue weighted by atomic mass is 10.1. The lowest BCUT2D eigenvalue weighted by molar-refractivity contribution is -0.147. The molecule has 1 rings (SSSR count). The Bertz CT molecular complexity index is 438. The van der Waals surface area contributed by atoms with Crippen molar-refractivity contribution in [3.63, 3.8) is 0 Å². The molecule has 1 aliphatic heterocycles. The molecule has 0 spiro atoms. The molecule has 0 radical (unpaired) electrons. The molecule has 0 aromatic carbocycles. The van der Waals surface area contributed by atoms with Gasteiger partial charge < -0.3 is 15.7 Å². The van der Waals surface area contributed by atoms with Crippen molar-refractivity contribution < 1.29 is 24.3 Å². The summed E-state index contributed by atoms with van der Waals surface area (Å²) in [6, 6.07) is -1.37. The van der Waals surface area contributed by atoms with Crippen molar-refractivity contribution in [2.24, 2.45) is 0 Å². The molecule has 0 bridgehead atoms. The van der Waals surface area contributed by atoms with E-state index in [0.29, 0.717) is 19.3 Å². The minimum atomic E-state index is -0.868. The molecule has 0 saturated carbocycles. The van der Waals surface area contributed by atoms with Crippen molar-refractivity contribution in [1.82, 2.24) is 15.5 Å². The molecular weight excluding hydrogens is 278 g/mol. The van der Waals surface area contributed by atoms with Gasteiger partial charge in [0.25, 0.3) is 5.91 Å². The Morgan fingerprint density at radius 1 is 1.43 bits per heavy atom. The number of rotatable bonds is 6. The number of urea groups is 1. The van der Waals surface area contributed by atoms with Crippen molar-refractivity contribution in [1.29, 1.82) is 0 Å². The van der Waals surface area contributed by atoms with Gasteiger partial charge in [-0.2, -0.15) is 0 Å². The number of carbonyl (C=O) groups is 4. The molecule has 0 aliphatic carbocycles. The standard InChI is InChI=1S/C13H21N3O5/c1-8(4-3-5-11(18)19)14-13(21)15-9-6-7-10(17)16(2)12(9)20/h8-9H,3-7H2,1-2H3,(H,18,19)(H2,14,15,21). The van der Waals surface area contributed by atoms with E-state index < -0.39 is 23.9 Å². The maximum Gasteiger partial charge on any atom is 0.315 e. The maximum atomic E-state index is 11.8. The van der Waals surface area contributed by atoms with E-state index in [4.69, 9.17) is 5.11 Å². The van der Waals surface area contributed by atoms with Crippen molar-refractivity contribution >= 4 is 23.8 Å². The summed E-state index contributed by atoms with van der Waals surface area (Å²) in [4.78, 5) is 46.3. The Morgan fingerprint density at radius 3 is 2.71 bits per heavy atom. The molecule has 0 aromatic heterocycles. The fourth-order valence-electron chi connectivity index (χ4n) is 2.10. The third kappa shape index (κ3) is 5.41. The van der Waals surface area contributed by atoms with Crippen LogP contribution in [0.4, 0.5) is 4.79 Å². The van der Waals surface area contributed by atoms with Gasteiger partial charge in [-0.3, -0.25) is 19.3 Å². The van der Waals surface area contributed by atoms with Crippen LogP contribution < -0.4 is 10.6 Å². The molecule has 1 aliphatic rings. The van der Waals surface area contributed by atoms with Crippen molar-refractivity contribution in [3.05, 3.63) is 0 Å². The number of carboxylic acids is 1. The molecule has 21 heavy (non-hydrogen) atoms. The quantitative estimate of drug-likeness (QED) is 0.600. The van der Waals surface area contributed by atoms with E-state index in [0.717, 1.165) is 4.90 Å². The molecule has 1 saturated heterocycles. The minimum Gasteiger partial charge on any atom is -0.481 e. The molecule has 8 heteroatoms. The topological polar surface area (TPSA) is 116 Å². The highest BCUT2D eigenvalue weighted by Crippen LogP contribution is 2.11. The SMILES string of the molecule is CC(CCCC(=O)O)NC(=O)NC1CCC(=O)N(C)C1=O. The molecule has 0 aromatic rings. The number of hydrogen-bond donors (Lipinski definition) is 3. The van der Waals surface area contributed by atoms with Gasteiger partial charge in [-0.05, 0) is 26.2 Å². The summed E-state index contributed by atoms with van der Waals surface area (Å²) in [6.45, 7) is 1.76. The van der Waals surface area contributed by atoms with Gasteiger partial charge in [0.15, 0.2) is 0 Å². The average molecular weight is 299 g/mol. The van der Waals surface area contributed by atoms with Crippen LogP contribution in [0.25, 0.3) is 0 Å². The second-order valence-electron chi connectivity index (χ2n) is 5.19. The molecule has 8 nitrogen and oxygen atoms in total. The van der Waals surface area contributed by atoms with Gasteiger partial charge >= 0.3 is 12.0 Å². The number of likely N-dealkylation sites (N-methyl/N-ethyl adjacent to an activating group) is 1. The van der Waals surface area contributed by atoms with Crippen LogP contribution in [0.2, 0.25) is 0 Å². The van der Waals surface area contributed by atoms with E-state index >= 15 is 0 Å². The first-order valence-electron chi connectivity index (χ1n) is 6.90. The normalized spacial score (nSPS) is 20.1. The van der Waals surface area contributed by atoms with Gasteiger partial charge in [-0.25, -0.2) is 4.79 Å². The highest BCUT2D eigenvalue weighted by Gasteiger charge is 2.32. The largest absolute Gasteiger partial charge is 0.481 e. The third-order valence-corrected chi connectivity index (χ3v) is 3.36. The summed E-state index contributed by atoms with van der Waals surface area (Å²) in [5, 5.41) is 13.7. The predicted molar refractivity (Wildman–Crippen MR) is 73.4 cm³/mol. The number of nitrogens with one attached hydrogen (secondary N) is 2. The van der Waals surface area contributed by atoms with Crippen LogP contribution in [0, 0.1) is 0 Å². The van der Waals surface area contributed by atoms with E-state index in [2.05, 4.69) is 10.6 Å². The fourth-order valence-corrected chi connectivity index (χ4v) is 2.10. The van der Waals surface area contributed by atoms with Crippen LogP contribution in [-0.4, -0.2) is 53.0 Å². The molecule has 3 N–H and O–H groups in total. The van der Waals surface area contributed by atoms with Crippen molar-refractivity contribution in [3.8, 4) is 0 Å². The predicted octanol–water partition coefficient (Wildman–Crippen LogP) is 0.0764. The lowest BCUT2D eigenvalue weighted by Gasteiger charge is -2.28. The molecule has 118 valence electrons. The highest BCUT2D eigenvalue weighted by molar-refractivity contribution is 6.01. The molecule has 1 heterocycles. The van der Waals surface area contributed by atoms with Crippen LogP contribution in [0.1, 0.15) is 39.0 Å². The van der Waals surface area contributed by atoms with Gasteiger partial charge in [0.2, 0.25) is 5.91 Å². The van der Waals surface area contributed by atoms with Crippen LogP contribution in [-0.2, 0) is 14.4 Å². The monoisotopic (exact) mass is 299 g/mol. The van der Waals surface area contributed by atoms with E-state index in [-0.39, 0.29) is 24.8 Å². The molecular formula is C13H21N3O5. The smallest absolute Gasteiger partial charge is 0.315 e. The van der Waals surface area contributed by atoms with Crippen LogP contribution in [0.5, 0.6) is 0 Å². The van der Waals surface area contributed by atoms with Gasteiger partial charge in [0.05, 0.1) is 0 Å². The Balaban J connectivity index is 2.34. The molecule has 1 fully saturated rings. The van der Waals surface area contributed by atoms with Gasteiger partial charge in [0, 0.05) is 25.9 Å². The minimum absolute atomic E-state index is 0.0572. The summed E-state index contributed by atoms with van der Waals surface area (Å²) in [6.07, 6.45) is 1.58. The molecule has 2 unspecified atom stereocenters. The summed E-state index contributed by atoms with van der Waals surface area (Å²) in [5.41, 5.74) is 0. The Labute approximate surface area is 122 Å². The van der Waals surface area contributed by atoms with Gasteiger partial charge in [0.1, 0.15) is 6.04 Å². The number of carbonyl (C=O) groups excluding carboxylic acids is 3. The first-order chi connectivity index (χ1) is 9.81. The Kier molecular flexibility index (Phi) is 6.13. The summed E-state index contributed by atoms with van der Waals surface area (Å²) < 4.78 is 0. The van der Waals surface area contributed by atoms with Gasteiger partial charge in [-0.15, -0.1) is 0 Å². The zero-order valence-electron chi connectivity index (χ0n) is 12.2. The van der Waals surface area contributed by atoms with Gasteiger partial charge in [-0.1, -0.05) is 0 Å². The van der Waals surface area contributed by atoms with Crippen molar-refractivity contribution in [2.75, 3.05) is 7.05 Å². The molecule has 4 amide bonds. The highest BCUT2D eigenvalue weighted by atomic mass is 16.4. The average Bonchev–Trinajstić information content (AvgIpc) is 2.39. The first-order valence-corrected chi connectivity index (χ1v) is 6.90. The Morgan fingerprint density at radius 2 is 2.10 bits per heavy atom. The summed E-state index contributed by atoms with van der Waals surface area (Å²) in [7, 11) is 1.39. The number of imide groups is 1. The number of amides is 4. The van der Waals surface area contributed by atoms with Crippen LogP contribution in [0.3, 0.4) is 0 Å². The third-order valence-electron chi connectivity index (χ3n) is 3.36. The fraction of sp³-hybridized carbons (Fsp3) is 0.692. The number of hydrogen-bond acceptors (Lipinski definition) is 4. The lowest BCUT2D eigenvalue weighted by Crippen LogP contribution is -2.55. The van der Waals surface area contributed by atoms with Crippen LogP contribution in [0.15, 0.2) is 0 Å². The zero-order valence-corrected chi connectivity index (χ0v) is 12.2. The Hall–Kier alpha value is -2.12. The van der Waals surface area contributed by atoms with Crippen molar-refractivity contribution in [2.45, 2.75) is 51.1 Å².